The van der Waals surface area contributed by atoms with Crippen molar-refractivity contribution in [2.24, 2.45) is 45.3 Å². The summed E-state index contributed by atoms with van der Waals surface area (Å²) < 4.78 is 31.0. The molecule has 3 saturated heterocycles. The van der Waals surface area contributed by atoms with E-state index in [2.05, 4.69) is 41.5 Å². The maximum absolute atomic E-state index is 12.3. The molecule has 0 aromatic heterocycles. The lowest BCUT2D eigenvalue weighted by Crippen LogP contribution is -2.67. The number of hydrogen-bond donors (Lipinski definition) is 8. The van der Waals surface area contributed by atoms with Crippen LogP contribution in [0.1, 0.15) is 113 Å². The molecule has 7 aliphatic rings. The van der Waals surface area contributed by atoms with Gasteiger partial charge in [-0.25, -0.2) is 0 Å². The molecule has 8 N–H and O–H groups in total. The summed E-state index contributed by atoms with van der Waals surface area (Å²) in [6, 6.07) is 0. The number of rotatable bonds is 7. The van der Waals surface area contributed by atoms with E-state index in [0.717, 1.165) is 51.4 Å². The summed E-state index contributed by atoms with van der Waals surface area (Å²) in [5, 5.41) is 85.7. The lowest BCUT2D eigenvalue weighted by Gasteiger charge is -2.70. The van der Waals surface area contributed by atoms with Crippen molar-refractivity contribution in [2.75, 3.05) is 13.2 Å². The van der Waals surface area contributed by atoms with Crippen molar-refractivity contribution in [3.05, 3.63) is 0 Å². The summed E-state index contributed by atoms with van der Waals surface area (Å²) in [7, 11) is 0. The smallest absolute Gasteiger partial charge is 0.187 e. The normalized spacial score (nSPS) is 56.2. The van der Waals surface area contributed by atoms with E-state index in [1.807, 2.05) is 13.8 Å². The summed E-state index contributed by atoms with van der Waals surface area (Å²) >= 11 is 0. The fraction of sp³-hybridized carbons (Fsp3) is 1.00. The Hall–Kier alpha value is -0.520. The molecule has 3 heterocycles. The molecule has 0 unspecified atom stereocenters. The van der Waals surface area contributed by atoms with Crippen molar-refractivity contribution in [3.8, 4) is 0 Å². The molecular weight excluding hydrogens is 700 g/mol. The zero-order valence-electron chi connectivity index (χ0n) is 33.6. The van der Waals surface area contributed by atoms with Crippen LogP contribution in [-0.4, -0.2) is 139 Å². The first kappa shape index (κ1) is 41.6. The molecule has 0 amide bonds. The van der Waals surface area contributed by atoms with Crippen molar-refractivity contribution in [1.82, 2.24) is 0 Å². The molecule has 312 valence electrons. The summed E-state index contributed by atoms with van der Waals surface area (Å²) in [6.45, 7) is 16.9. The highest BCUT2D eigenvalue weighted by Gasteiger charge is 2.72. The van der Waals surface area contributed by atoms with Crippen LogP contribution in [0.25, 0.3) is 0 Å². The van der Waals surface area contributed by atoms with E-state index >= 15 is 0 Å². The van der Waals surface area contributed by atoms with Crippen LogP contribution in [0.5, 0.6) is 0 Å². The second kappa shape index (κ2) is 14.1. The van der Waals surface area contributed by atoms with Crippen LogP contribution >= 0.6 is 0 Å². The SMILES string of the molecule is CC(C)(O)[C@H]1CC[C@@](C)([C@@H]2CC[C@]3(C)[C@H]2[C@@H](O)C[C@H]2[C@@]4(C)CC[C@H](O[C@@H]5OC[C@H](O)[C@H](O)[C@@H]5O[C@@H]5O[C@@H](CO)[C@H](O)[C@@H](O)[C@H]5O)C(C)(C)[C@@H]4CC[C@@]23C)O1. The molecule has 0 radical (unpaired) electrons. The van der Waals surface area contributed by atoms with Crippen LogP contribution in [0.3, 0.4) is 0 Å². The first-order valence-electron chi connectivity index (χ1n) is 20.7. The van der Waals surface area contributed by atoms with Crippen LogP contribution in [0, 0.1) is 45.3 Å². The van der Waals surface area contributed by atoms with Gasteiger partial charge in [0, 0.05) is 0 Å². The van der Waals surface area contributed by atoms with E-state index in [1.165, 1.54) is 0 Å². The molecule has 0 bridgehead atoms. The molecule has 0 aromatic carbocycles. The number of ether oxygens (including phenoxy) is 5. The Labute approximate surface area is 320 Å². The van der Waals surface area contributed by atoms with Gasteiger partial charge in [0.05, 0.1) is 42.7 Å². The number of fused-ring (bicyclic) bond motifs is 5. The molecule has 13 heteroatoms. The van der Waals surface area contributed by atoms with Crippen LogP contribution in [0.2, 0.25) is 0 Å². The standard InChI is InChI=1S/C41H70O13/c1-36(2)24-10-15-39(6)25(17-21(43)28-20(9-14-40(28,39)7)41(8)16-12-27(54-41)37(3,4)49)38(24,5)13-11-26(36)52-35-33(29(45)22(44)19-50-35)53-34-32(48)31(47)30(46)23(18-42)51-34/h20-35,42-49H,9-19H2,1-8H3/t20-,21+,22+,23+,24+,25+,26+,27-,28-,29+,30+,31-,32-,33+,34+,35+,38+,39+,40-,41+/m1/s1. The second-order valence-electron chi connectivity index (χ2n) is 20.6. The van der Waals surface area contributed by atoms with Crippen LogP contribution in [0.4, 0.5) is 0 Å². The average Bonchev–Trinajstić information content (AvgIpc) is 3.69. The Kier molecular flexibility index (Phi) is 10.8. The highest BCUT2D eigenvalue weighted by molar-refractivity contribution is 5.20. The van der Waals surface area contributed by atoms with Gasteiger partial charge >= 0.3 is 0 Å². The number of aliphatic hydroxyl groups is 8. The van der Waals surface area contributed by atoms with Crippen LogP contribution in [-0.2, 0) is 23.7 Å². The Morgan fingerprint density at radius 3 is 2.04 bits per heavy atom. The van der Waals surface area contributed by atoms with Crippen molar-refractivity contribution in [1.29, 1.82) is 0 Å². The Morgan fingerprint density at radius 1 is 0.704 bits per heavy atom. The minimum absolute atomic E-state index is 0.00233. The predicted octanol–water partition coefficient (Wildman–Crippen LogP) is 2.00. The third-order valence-electron chi connectivity index (χ3n) is 17.1. The van der Waals surface area contributed by atoms with Gasteiger partial charge in [-0.3, -0.25) is 0 Å². The minimum atomic E-state index is -1.70. The van der Waals surface area contributed by atoms with Gasteiger partial charge in [-0.2, -0.15) is 0 Å². The third kappa shape index (κ3) is 6.28. The predicted molar refractivity (Wildman–Crippen MR) is 194 cm³/mol. The van der Waals surface area contributed by atoms with Gasteiger partial charge in [0.15, 0.2) is 12.6 Å². The summed E-state index contributed by atoms with van der Waals surface area (Å²) in [4.78, 5) is 0. The van der Waals surface area contributed by atoms with Crippen molar-refractivity contribution in [3.63, 3.8) is 0 Å². The summed E-state index contributed by atoms with van der Waals surface area (Å²) in [5.41, 5.74) is -1.81. The molecule has 7 rings (SSSR count). The highest BCUT2D eigenvalue weighted by Crippen LogP contribution is 2.76. The molecule has 20 atom stereocenters. The van der Waals surface area contributed by atoms with E-state index < -0.39 is 73.6 Å². The van der Waals surface area contributed by atoms with Gasteiger partial charge in [0.25, 0.3) is 0 Å². The van der Waals surface area contributed by atoms with Crippen molar-refractivity contribution >= 4 is 0 Å². The van der Waals surface area contributed by atoms with Gasteiger partial charge in [0.2, 0.25) is 0 Å². The van der Waals surface area contributed by atoms with Crippen molar-refractivity contribution < 1.29 is 64.5 Å². The molecule has 4 aliphatic carbocycles. The van der Waals surface area contributed by atoms with E-state index in [4.69, 9.17) is 23.7 Å². The lowest BCUT2D eigenvalue weighted by atomic mass is 9.35. The zero-order chi connectivity index (χ0) is 39.6. The maximum atomic E-state index is 12.3. The first-order valence-corrected chi connectivity index (χ1v) is 20.7. The second-order valence-corrected chi connectivity index (χ2v) is 20.6. The topological polar surface area (TPSA) is 208 Å². The molecule has 0 aromatic rings. The molecule has 13 nitrogen and oxygen atoms in total. The maximum Gasteiger partial charge on any atom is 0.187 e. The first-order chi connectivity index (χ1) is 25.0. The van der Waals surface area contributed by atoms with E-state index in [9.17, 15) is 40.9 Å². The monoisotopic (exact) mass is 770 g/mol. The molecule has 7 fully saturated rings. The largest absolute Gasteiger partial charge is 0.394 e. The minimum Gasteiger partial charge on any atom is -0.394 e. The van der Waals surface area contributed by atoms with Crippen molar-refractivity contribution in [2.45, 2.75) is 198 Å². The zero-order valence-corrected chi connectivity index (χ0v) is 33.6. The molecule has 54 heavy (non-hydrogen) atoms. The molecule has 0 spiro atoms. The summed E-state index contributed by atoms with van der Waals surface area (Å²) in [5.74, 6) is 0.864. The van der Waals surface area contributed by atoms with Gasteiger partial charge in [-0.05, 0) is 124 Å². The van der Waals surface area contributed by atoms with Crippen LogP contribution < -0.4 is 0 Å². The van der Waals surface area contributed by atoms with Gasteiger partial charge < -0.3 is 64.5 Å². The number of hydrogen-bond acceptors (Lipinski definition) is 13. The van der Waals surface area contributed by atoms with E-state index in [-0.39, 0.29) is 69.7 Å². The van der Waals surface area contributed by atoms with E-state index in [1.54, 1.807) is 0 Å². The Morgan fingerprint density at radius 2 is 1.39 bits per heavy atom. The highest BCUT2D eigenvalue weighted by atomic mass is 16.8. The quantitative estimate of drug-likeness (QED) is 0.175. The van der Waals surface area contributed by atoms with Gasteiger partial charge in [0.1, 0.15) is 42.7 Å². The Balaban J connectivity index is 1.09. The average molecular weight is 771 g/mol. The fourth-order valence-electron chi connectivity index (χ4n) is 13.8. The van der Waals surface area contributed by atoms with Gasteiger partial charge in [-0.15, -0.1) is 0 Å². The lowest BCUT2D eigenvalue weighted by molar-refractivity contribution is -0.367. The van der Waals surface area contributed by atoms with E-state index in [0.29, 0.717) is 6.42 Å². The Bertz CT molecular complexity index is 1360. The summed E-state index contributed by atoms with van der Waals surface area (Å²) in [6.07, 6.45) is -5.82. The third-order valence-corrected chi connectivity index (χ3v) is 17.1. The van der Waals surface area contributed by atoms with Gasteiger partial charge in [-0.1, -0.05) is 34.6 Å². The number of aliphatic hydroxyl groups excluding tert-OH is 7. The van der Waals surface area contributed by atoms with Crippen LogP contribution in [0.15, 0.2) is 0 Å². The molecular formula is C41H70O13. The fourth-order valence-corrected chi connectivity index (χ4v) is 13.8. The molecule has 3 aliphatic heterocycles. The molecule has 4 saturated carbocycles.